The molecule has 0 fully saturated rings. The predicted octanol–water partition coefficient (Wildman–Crippen LogP) is 3.31. The first-order chi connectivity index (χ1) is 13.4. The third-order valence-electron chi connectivity index (χ3n) is 4.36. The number of benzene rings is 2. The number of nitrogens with zero attached hydrogens (tertiary/aromatic N) is 2. The van der Waals surface area contributed by atoms with Crippen LogP contribution in [0.3, 0.4) is 0 Å². The van der Waals surface area contributed by atoms with Crippen molar-refractivity contribution < 1.29 is 9.53 Å². The second-order valence-electron chi connectivity index (χ2n) is 6.99. The quantitative estimate of drug-likeness (QED) is 0.689. The van der Waals surface area contributed by atoms with E-state index in [2.05, 4.69) is 78.1 Å². The monoisotopic (exact) mass is 379 g/mol. The summed E-state index contributed by atoms with van der Waals surface area (Å²) < 4.78 is 4.14. The number of pyridine rings is 1. The van der Waals surface area contributed by atoms with Gasteiger partial charge in [-0.1, -0.05) is 42.0 Å². The molecule has 0 spiro atoms. The first-order valence-electron chi connectivity index (χ1n) is 9.26. The van der Waals surface area contributed by atoms with Crippen molar-refractivity contribution in [3.05, 3.63) is 77.1 Å². The Bertz CT molecular complexity index is 917. The predicted molar refractivity (Wildman–Crippen MR) is 114 cm³/mol. The normalized spacial score (nSPS) is 10.5. The molecular formula is C23H29N3O2. The summed E-state index contributed by atoms with van der Waals surface area (Å²) in [5.41, 5.74) is 10.2. The lowest BCUT2D eigenvalue weighted by atomic mass is 9.96. The van der Waals surface area contributed by atoms with Crippen LogP contribution in [0.1, 0.15) is 22.3 Å². The van der Waals surface area contributed by atoms with Crippen LogP contribution in [-0.2, 0) is 22.5 Å². The topological polar surface area (TPSA) is 68.5 Å². The van der Waals surface area contributed by atoms with Gasteiger partial charge in [-0.25, -0.2) is 0 Å². The Morgan fingerprint density at radius 2 is 1.86 bits per heavy atom. The highest BCUT2D eigenvalue weighted by Crippen LogP contribution is 2.25. The molecule has 0 unspecified atom stereocenters. The Morgan fingerprint density at radius 1 is 1.11 bits per heavy atom. The van der Waals surface area contributed by atoms with E-state index in [1.165, 1.54) is 40.1 Å². The van der Waals surface area contributed by atoms with Crippen molar-refractivity contribution in [2.75, 3.05) is 27.7 Å². The van der Waals surface area contributed by atoms with Crippen LogP contribution in [0.25, 0.3) is 10.8 Å². The average Bonchev–Trinajstić information content (AvgIpc) is 2.69. The largest absolute Gasteiger partial charge is 0.468 e. The standard InChI is InChI=1S/C20H22N2.C3H7NO2/c1-15-5-4-6-16(11-15)12-17-7-8-18(14-22(2)3)19-9-10-21-13-20(17)19;1-6-3(5)2-4/h4-11,13H,12,14H2,1-3H3;2,4H2,1H3. The van der Waals surface area contributed by atoms with Gasteiger partial charge in [0.2, 0.25) is 0 Å². The van der Waals surface area contributed by atoms with Crippen LogP contribution >= 0.6 is 0 Å². The Balaban J connectivity index is 0.000000409. The van der Waals surface area contributed by atoms with Crippen LogP contribution in [-0.4, -0.2) is 43.6 Å². The van der Waals surface area contributed by atoms with Gasteiger partial charge in [-0.3, -0.25) is 9.78 Å². The van der Waals surface area contributed by atoms with Crippen LogP contribution < -0.4 is 5.73 Å². The van der Waals surface area contributed by atoms with E-state index in [9.17, 15) is 4.79 Å². The summed E-state index contributed by atoms with van der Waals surface area (Å²) in [4.78, 5) is 16.4. The molecule has 148 valence electrons. The van der Waals surface area contributed by atoms with E-state index in [1.54, 1.807) is 0 Å². The molecule has 3 rings (SSSR count). The van der Waals surface area contributed by atoms with Gasteiger partial charge >= 0.3 is 5.97 Å². The van der Waals surface area contributed by atoms with Gasteiger partial charge in [0.1, 0.15) is 0 Å². The summed E-state index contributed by atoms with van der Waals surface area (Å²) in [6.45, 7) is 3.06. The molecule has 2 aromatic carbocycles. The average molecular weight is 380 g/mol. The minimum absolute atomic E-state index is 0.0312. The number of carbonyl (C=O) groups excluding carboxylic acids is 1. The number of aryl methyl sites for hydroxylation is 1. The van der Waals surface area contributed by atoms with Crippen molar-refractivity contribution in [1.82, 2.24) is 9.88 Å². The fraction of sp³-hybridized carbons (Fsp3) is 0.304. The van der Waals surface area contributed by atoms with Crippen LogP contribution in [0, 0.1) is 6.92 Å². The zero-order chi connectivity index (χ0) is 20.5. The summed E-state index contributed by atoms with van der Waals surface area (Å²) in [5.74, 6) is -0.380. The molecule has 0 aliphatic carbocycles. The third kappa shape index (κ3) is 6.15. The fourth-order valence-corrected chi connectivity index (χ4v) is 3.07. The van der Waals surface area contributed by atoms with Crippen LogP contribution in [0.2, 0.25) is 0 Å². The SMILES string of the molecule is COC(=O)CN.Cc1cccc(Cc2ccc(CN(C)C)c3ccncc23)c1. The van der Waals surface area contributed by atoms with Crippen molar-refractivity contribution in [3.63, 3.8) is 0 Å². The number of esters is 1. The molecule has 0 amide bonds. The van der Waals surface area contributed by atoms with E-state index in [0.717, 1.165) is 13.0 Å². The molecule has 0 saturated carbocycles. The molecule has 0 aliphatic heterocycles. The van der Waals surface area contributed by atoms with Crippen molar-refractivity contribution >= 4 is 16.7 Å². The molecule has 0 atom stereocenters. The summed E-state index contributed by atoms with van der Waals surface area (Å²) in [6.07, 6.45) is 4.84. The summed E-state index contributed by atoms with van der Waals surface area (Å²) in [5, 5.41) is 2.58. The summed E-state index contributed by atoms with van der Waals surface area (Å²) in [7, 11) is 5.51. The Labute approximate surface area is 167 Å². The second kappa shape index (κ2) is 10.5. The van der Waals surface area contributed by atoms with Gasteiger partial charge in [0, 0.05) is 24.3 Å². The highest BCUT2D eigenvalue weighted by atomic mass is 16.5. The maximum Gasteiger partial charge on any atom is 0.319 e. The van der Waals surface area contributed by atoms with E-state index in [1.807, 2.05) is 12.4 Å². The smallest absolute Gasteiger partial charge is 0.319 e. The highest BCUT2D eigenvalue weighted by Gasteiger charge is 2.08. The molecule has 2 N–H and O–H groups in total. The minimum Gasteiger partial charge on any atom is -0.468 e. The molecule has 0 bridgehead atoms. The number of hydrogen-bond acceptors (Lipinski definition) is 5. The van der Waals surface area contributed by atoms with Crippen molar-refractivity contribution in [1.29, 1.82) is 0 Å². The Morgan fingerprint density at radius 3 is 2.46 bits per heavy atom. The van der Waals surface area contributed by atoms with Gasteiger partial charge in [-0.2, -0.15) is 0 Å². The van der Waals surface area contributed by atoms with E-state index in [-0.39, 0.29) is 12.5 Å². The van der Waals surface area contributed by atoms with Gasteiger partial charge in [-0.05, 0) is 55.6 Å². The van der Waals surface area contributed by atoms with Crippen LogP contribution in [0.5, 0.6) is 0 Å². The maximum absolute atomic E-state index is 9.83. The molecule has 0 radical (unpaired) electrons. The summed E-state index contributed by atoms with van der Waals surface area (Å²) >= 11 is 0. The molecule has 5 nitrogen and oxygen atoms in total. The first kappa shape index (κ1) is 21.5. The first-order valence-corrected chi connectivity index (χ1v) is 9.26. The van der Waals surface area contributed by atoms with Gasteiger partial charge in [0.15, 0.2) is 0 Å². The number of nitrogens with two attached hydrogens (primary N) is 1. The highest BCUT2D eigenvalue weighted by molar-refractivity contribution is 5.88. The van der Waals surface area contributed by atoms with E-state index in [4.69, 9.17) is 5.73 Å². The van der Waals surface area contributed by atoms with Crippen molar-refractivity contribution in [3.8, 4) is 0 Å². The molecule has 0 aliphatic rings. The third-order valence-corrected chi connectivity index (χ3v) is 4.36. The lowest BCUT2D eigenvalue weighted by molar-refractivity contribution is -0.138. The zero-order valence-corrected chi connectivity index (χ0v) is 17.1. The second-order valence-corrected chi connectivity index (χ2v) is 6.99. The number of carbonyl (C=O) groups is 1. The number of rotatable bonds is 5. The van der Waals surface area contributed by atoms with Gasteiger partial charge < -0.3 is 15.4 Å². The van der Waals surface area contributed by atoms with Crippen molar-refractivity contribution in [2.24, 2.45) is 5.73 Å². The molecule has 28 heavy (non-hydrogen) atoms. The number of fused-ring (bicyclic) bond motifs is 1. The minimum atomic E-state index is -0.380. The van der Waals surface area contributed by atoms with Gasteiger partial charge in [-0.15, -0.1) is 0 Å². The number of ether oxygens (including phenoxy) is 1. The van der Waals surface area contributed by atoms with E-state index in [0.29, 0.717) is 0 Å². The van der Waals surface area contributed by atoms with Gasteiger partial charge in [0.05, 0.1) is 13.7 Å². The summed E-state index contributed by atoms with van der Waals surface area (Å²) in [6, 6.07) is 15.4. The van der Waals surface area contributed by atoms with E-state index < -0.39 is 0 Å². The van der Waals surface area contributed by atoms with Gasteiger partial charge in [0.25, 0.3) is 0 Å². The molecule has 3 aromatic rings. The Kier molecular flexibility index (Phi) is 8.11. The molecular weight excluding hydrogens is 350 g/mol. The number of hydrogen-bond donors (Lipinski definition) is 1. The fourth-order valence-electron chi connectivity index (χ4n) is 3.07. The molecule has 1 heterocycles. The molecule has 0 saturated heterocycles. The van der Waals surface area contributed by atoms with E-state index >= 15 is 0 Å². The lowest BCUT2D eigenvalue weighted by Crippen LogP contribution is -2.14. The molecule has 1 aromatic heterocycles. The Hall–Kier alpha value is -2.76. The van der Waals surface area contributed by atoms with Crippen LogP contribution in [0.15, 0.2) is 54.9 Å². The molecule has 5 heteroatoms. The van der Waals surface area contributed by atoms with Crippen molar-refractivity contribution in [2.45, 2.75) is 19.9 Å². The number of methoxy groups -OCH3 is 1. The lowest BCUT2D eigenvalue weighted by Gasteiger charge is -2.14. The van der Waals surface area contributed by atoms with Crippen LogP contribution in [0.4, 0.5) is 0 Å². The number of aromatic nitrogens is 1. The zero-order valence-electron chi connectivity index (χ0n) is 17.1. The maximum atomic E-state index is 9.83.